The molecular formula is C27H32FN3O. The van der Waals surface area contributed by atoms with Crippen LogP contribution in [0.15, 0.2) is 35.9 Å². The molecule has 0 spiro atoms. The molecule has 1 aliphatic heterocycles. The Morgan fingerprint density at radius 2 is 2.03 bits per heavy atom. The summed E-state index contributed by atoms with van der Waals surface area (Å²) in [6.45, 7) is 13.4. The maximum atomic E-state index is 15.2. The molecule has 1 aliphatic rings. The standard InChI is InChI=1S/C27H32FN3O/c1-7-10-31-25-14-23(28)20(13-22(25)19(4)15-27(31,5)6)12-21(16-29)26(32)30-24-9-8-17(2)11-18(24)3/h8-9,11-14,19H,7,10,15H2,1-6H3,(H,30,32)/b21-12+. The predicted octanol–water partition coefficient (Wildman–Crippen LogP) is 6.49. The summed E-state index contributed by atoms with van der Waals surface area (Å²) >= 11 is 0. The van der Waals surface area contributed by atoms with E-state index in [-0.39, 0.29) is 22.6 Å². The molecule has 0 saturated carbocycles. The lowest BCUT2D eigenvalue weighted by atomic mass is 9.79. The van der Waals surface area contributed by atoms with Gasteiger partial charge in [0, 0.05) is 29.0 Å². The summed E-state index contributed by atoms with van der Waals surface area (Å²) in [5.74, 6) is -0.726. The van der Waals surface area contributed by atoms with Crippen LogP contribution < -0.4 is 10.2 Å². The fraction of sp³-hybridized carbons (Fsp3) is 0.407. The molecule has 5 heteroatoms. The molecule has 1 N–H and O–H groups in total. The molecule has 0 radical (unpaired) electrons. The Bertz CT molecular complexity index is 1110. The molecule has 3 rings (SSSR count). The van der Waals surface area contributed by atoms with Gasteiger partial charge in [-0.3, -0.25) is 4.79 Å². The van der Waals surface area contributed by atoms with Crippen LogP contribution in [0.4, 0.5) is 15.8 Å². The van der Waals surface area contributed by atoms with Gasteiger partial charge in [-0.2, -0.15) is 5.26 Å². The SMILES string of the molecule is CCCN1c2cc(F)c(/C=C(\C#N)C(=O)Nc3ccc(C)cc3C)cc2C(C)CC1(C)C. The number of hydrogen-bond acceptors (Lipinski definition) is 3. The summed E-state index contributed by atoms with van der Waals surface area (Å²) in [6.07, 6.45) is 3.27. The van der Waals surface area contributed by atoms with Crippen molar-refractivity contribution in [2.24, 2.45) is 0 Å². The van der Waals surface area contributed by atoms with E-state index in [2.05, 4.69) is 37.9 Å². The lowest BCUT2D eigenvalue weighted by Gasteiger charge is -2.47. The molecule has 32 heavy (non-hydrogen) atoms. The predicted molar refractivity (Wildman–Crippen MR) is 129 cm³/mol. The van der Waals surface area contributed by atoms with Gasteiger partial charge in [-0.05, 0) is 81.9 Å². The summed E-state index contributed by atoms with van der Waals surface area (Å²) in [5.41, 5.74) is 4.66. The number of benzene rings is 2. The van der Waals surface area contributed by atoms with Crippen LogP contribution in [0.2, 0.25) is 0 Å². The average molecular weight is 434 g/mol. The summed E-state index contributed by atoms with van der Waals surface area (Å²) in [4.78, 5) is 15.0. The Balaban J connectivity index is 1.97. The van der Waals surface area contributed by atoms with Crippen molar-refractivity contribution >= 4 is 23.4 Å². The Morgan fingerprint density at radius 3 is 2.66 bits per heavy atom. The fourth-order valence-electron chi connectivity index (χ4n) is 4.73. The molecule has 4 nitrogen and oxygen atoms in total. The number of rotatable bonds is 5. The monoisotopic (exact) mass is 433 g/mol. The highest BCUT2D eigenvalue weighted by atomic mass is 19.1. The third-order valence-corrected chi connectivity index (χ3v) is 6.25. The molecule has 0 bridgehead atoms. The van der Waals surface area contributed by atoms with Gasteiger partial charge in [-0.25, -0.2) is 4.39 Å². The van der Waals surface area contributed by atoms with Crippen molar-refractivity contribution < 1.29 is 9.18 Å². The smallest absolute Gasteiger partial charge is 0.266 e. The Labute approximate surface area is 190 Å². The molecule has 0 aromatic heterocycles. The van der Waals surface area contributed by atoms with Crippen LogP contribution >= 0.6 is 0 Å². The number of nitrogens with zero attached hydrogens (tertiary/aromatic N) is 2. The molecule has 0 fully saturated rings. The van der Waals surface area contributed by atoms with Gasteiger partial charge in [0.15, 0.2) is 0 Å². The van der Waals surface area contributed by atoms with E-state index in [1.165, 1.54) is 6.08 Å². The largest absolute Gasteiger partial charge is 0.366 e. The maximum absolute atomic E-state index is 15.2. The normalized spacial score (nSPS) is 17.5. The Morgan fingerprint density at radius 1 is 1.31 bits per heavy atom. The zero-order valence-corrected chi connectivity index (χ0v) is 19.8. The molecule has 168 valence electrons. The van der Waals surface area contributed by atoms with Gasteiger partial charge in [0.05, 0.1) is 0 Å². The van der Waals surface area contributed by atoms with Crippen LogP contribution in [0, 0.1) is 31.0 Å². The highest BCUT2D eigenvalue weighted by Gasteiger charge is 2.36. The third kappa shape index (κ3) is 4.70. The number of carbonyl (C=O) groups excluding carboxylic acids is 1. The summed E-state index contributed by atoms with van der Waals surface area (Å²) in [7, 11) is 0. The topological polar surface area (TPSA) is 56.1 Å². The van der Waals surface area contributed by atoms with Gasteiger partial charge in [-0.15, -0.1) is 0 Å². The first-order valence-electron chi connectivity index (χ1n) is 11.2. The zero-order chi connectivity index (χ0) is 23.6. The highest BCUT2D eigenvalue weighted by Crippen LogP contribution is 2.44. The van der Waals surface area contributed by atoms with E-state index in [1.807, 2.05) is 38.1 Å². The first kappa shape index (κ1) is 23.5. The van der Waals surface area contributed by atoms with E-state index in [0.717, 1.165) is 41.8 Å². The Kier molecular flexibility index (Phi) is 6.74. The van der Waals surface area contributed by atoms with Crippen LogP contribution in [0.1, 0.15) is 68.7 Å². The van der Waals surface area contributed by atoms with Crippen LogP contribution in [0.3, 0.4) is 0 Å². The number of hydrogen-bond donors (Lipinski definition) is 1. The highest BCUT2D eigenvalue weighted by molar-refractivity contribution is 6.10. The molecule has 0 saturated heterocycles. The number of halogens is 1. The second-order valence-electron chi connectivity index (χ2n) is 9.44. The van der Waals surface area contributed by atoms with Crippen LogP contribution in [-0.4, -0.2) is 18.0 Å². The molecule has 1 amide bonds. The minimum absolute atomic E-state index is 0.0597. The number of amides is 1. The van der Waals surface area contributed by atoms with E-state index >= 15 is 4.39 Å². The minimum Gasteiger partial charge on any atom is -0.366 e. The second kappa shape index (κ2) is 9.16. The van der Waals surface area contributed by atoms with E-state index in [9.17, 15) is 10.1 Å². The fourth-order valence-corrected chi connectivity index (χ4v) is 4.73. The third-order valence-electron chi connectivity index (χ3n) is 6.25. The van der Waals surface area contributed by atoms with E-state index in [4.69, 9.17) is 0 Å². The van der Waals surface area contributed by atoms with Crippen molar-refractivity contribution in [2.45, 2.75) is 65.8 Å². The summed E-state index contributed by atoms with van der Waals surface area (Å²) in [6, 6.07) is 11.0. The molecular weight excluding hydrogens is 401 g/mol. The molecule has 2 aromatic carbocycles. The quantitative estimate of drug-likeness (QED) is 0.433. The van der Waals surface area contributed by atoms with E-state index in [1.54, 1.807) is 12.1 Å². The number of fused-ring (bicyclic) bond motifs is 1. The van der Waals surface area contributed by atoms with Crippen LogP contribution in [0.25, 0.3) is 6.08 Å². The number of nitriles is 1. The van der Waals surface area contributed by atoms with Crippen molar-refractivity contribution in [3.05, 3.63) is 64.0 Å². The van der Waals surface area contributed by atoms with E-state index in [0.29, 0.717) is 5.69 Å². The van der Waals surface area contributed by atoms with E-state index < -0.39 is 11.7 Å². The van der Waals surface area contributed by atoms with Gasteiger partial charge in [0.25, 0.3) is 5.91 Å². The number of anilines is 2. The van der Waals surface area contributed by atoms with Crippen molar-refractivity contribution in [2.75, 3.05) is 16.8 Å². The van der Waals surface area contributed by atoms with Crippen LogP contribution in [-0.2, 0) is 4.79 Å². The lowest BCUT2D eigenvalue weighted by molar-refractivity contribution is -0.112. The van der Waals surface area contributed by atoms with Gasteiger partial charge in [-0.1, -0.05) is 31.5 Å². The van der Waals surface area contributed by atoms with Gasteiger partial charge in [0.1, 0.15) is 17.5 Å². The average Bonchev–Trinajstić information content (AvgIpc) is 2.71. The molecule has 1 unspecified atom stereocenters. The number of carbonyl (C=O) groups is 1. The van der Waals surface area contributed by atoms with Crippen LogP contribution in [0.5, 0.6) is 0 Å². The zero-order valence-electron chi connectivity index (χ0n) is 19.8. The van der Waals surface area contributed by atoms with Gasteiger partial charge < -0.3 is 10.2 Å². The lowest BCUT2D eigenvalue weighted by Crippen LogP contribution is -2.48. The maximum Gasteiger partial charge on any atom is 0.266 e. The van der Waals surface area contributed by atoms with Crippen molar-refractivity contribution in [1.29, 1.82) is 5.26 Å². The number of aryl methyl sites for hydroxylation is 2. The summed E-state index contributed by atoms with van der Waals surface area (Å²) < 4.78 is 15.2. The summed E-state index contributed by atoms with van der Waals surface area (Å²) in [5, 5.41) is 12.4. The molecule has 1 heterocycles. The first-order valence-corrected chi connectivity index (χ1v) is 11.2. The Hall–Kier alpha value is -3.13. The van der Waals surface area contributed by atoms with Crippen molar-refractivity contribution in [3.8, 4) is 6.07 Å². The molecule has 2 aromatic rings. The molecule has 1 atom stereocenters. The van der Waals surface area contributed by atoms with Gasteiger partial charge >= 0.3 is 0 Å². The van der Waals surface area contributed by atoms with Gasteiger partial charge in [0.2, 0.25) is 0 Å². The van der Waals surface area contributed by atoms with Crippen molar-refractivity contribution in [3.63, 3.8) is 0 Å². The second-order valence-corrected chi connectivity index (χ2v) is 9.44. The number of nitrogens with one attached hydrogen (secondary N) is 1. The molecule has 0 aliphatic carbocycles. The first-order chi connectivity index (χ1) is 15.1. The van der Waals surface area contributed by atoms with Crippen molar-refractivity contribution in [1.82, 2.24) is 0 Å². The minimum atomic E-state index is -0.543.